The lowest BCUT2D eigenvalue weighted by Gasteiger charge is -2.28. The molecule has 0 aliphatic carbocycles. The van der Waals surface area contributed by atoms with Crippen LogP contribution in [0.3, 0.4) is 0 Å². The number of rotatable bonds is 10. The van der Waals surface area contributed by atoms with Crippen molar-refractivity contribution in [1.82, 2.24) is 15.3 Å². The molecule has 2 aromatic rings. The molecule has 0 spiro atoms. The number of benzene rings is 1. The number of carbonyl (C=O) groups is 1. The topological polar surface area (TPSA) is 107 Å². The maximum absolute atomic E-state index is 12.2. The van der Waals surface area contributed by atoms with Crippen LogP contribution in [-0.2, 0) is 9.53 Å². The minimum Gasteiger partial charge on any atom is -0.493 e. The number of nitrogens with one attached hydrogen (secondary N) is 2. The standard InChI is InChI=1S/C23H31N5O5/c1-16-13-20(28-9-11-33-12-10-28)27-23(26-16)25-8-7-24-21(29)6-5-17-14-18(30-2)22(32-4)19(15-17)31-3/h5-6,13-15H,7-12H2,1-4H3,(H,24,29)(H,25,26,27)/b6-5+. The van der Waals surface area contributed by atoms with Crippen LogP contribution in [0.4, 0.5) is 11.8 Å². The van der Waals surface area contributed by atoms with Gasteiger partial charge < -0.3 is 34.5 Å². The Morgan fingerprint density at radius 2 is 1.76 bits per heavy atom. The van der Waals surface area contributed by atoms with Crippen LogP contribution in [0.5, 0.6) is 17.2 Å². The van der Waals surface area contributed by atoms with E-state index in [4.69, 9.17) is 18.9 Å². The Bertz CT molecular complexity index is 951. The van der Waals surface area contributed by atoms with E-state index in [1.807, 2.05) is 13.0 Å². The molecule has 0 radical (unpaired) electrons. The van der Waals surface area contributed by atoms with Gasteiger partial charge in [0.1, 0.15) is 5.82 Å². The zero-order valence-corrected chi connectivity index (χ0v) is 19.5. The third kappa shape index (κ3) is 6.72. The SMILES string of the molecule is COc1cc(/C=C/C(=O)NCCNc2nc(C)cc(N3CCOCC3)n2)cc(OC)c1OC. The number of aromatic nitrogens is 2. The maximum atomic E-state index is 12.2. The highest BCUT2D eigenvalue weighted by atomic mass is 16.5. The van der Waals surface area contributed by atoms with Crippen molar-refractivity contribution in [3.8, 4) is 17.2 Å². The molecule has 1 aliphatic heterocycles. The average molecular weight is 458 g/mol. The number of ether oxygens (including phenoxy) is 4. The first-order chi connectivity index (χ1) is 16.0. The first-order valence-electron chi connectivity index (χ1n) is 10.7. The summed E-state index contributed by atoms with van der Waals surface area (Å²) in [5.74, 6) is 2.75. The smallest absolute Gasteiger partial charge is 0.244 e. The maximum Gasteiger partial charge on any atom is 0.244 e. The third-order valence-corrected chi connectivity index (χ3v) is 5.00. The predicted octanol–water partition coefficient (Wildman–Crippen LogP) is 1.89. The number of morpholine rings is 1. The van der Waals surface area contributed by atoms with E-state index >= 15 is 0 Å². The van der Waals surface area contributed by atoms with Gasteiger partial charge in [0.25, 0.3) is 0 Å². The summed E-state index contributed by atoms with van der Waals surface area (Å²) in [6.45, 7) is 5.86. The van der Waals surface area contributed by atoms with Gasteiger partial charge in [0, 0.05) is 44.0 Å². The molecular weight excluding hydrogens is 426 g/mol. The van der Waals surface area contributed by atoms with Crippen LogP contribution < -0.4 is 29.7 Å². The number of hydrogen-bond acceptors (Lipinski definition) is 9. The minimum atomic E-state index is -0.218. The van der Waals surface area contributed by atoms with E-state index in [0.717, 1.165) is 30.2 Å². The molecule has 0 atom stereocenters. The van der Waals surface area contributed by atoms with E-state index in [0.29, 0.717) is 49.5 Å². The van der Waals surface area contributed by atoms with Gasteiger partial charge in [-0.15, -0.1) is 0 Å². The molecule has 1 aliphatic rings. The van der Waals surface area contributed by atoms with Crippen LogP contribution >= 0.6 is 0 Å². The quantitative estimate of drug-likeness (QED) is 0.408. The van der Waals surface area contributed by atoms with E-state index < -0.39 is 0 Å². The predicted molar refractivity (Wildman–Crippen MR) is 126 cm³/mol. The van der Waals surface area contributed by atoms with Crippen molar-refractivity contribution in [3.63, 3.8) is 0 Å². The second-order valence-corrected chi connectivity index (χ2v) is 7.30. The molecule has 0 unspecified atom stereocenters. The van der Waals surface area contributed by atoms with Crippen molar-refractivity contribution in [2.24, 2.45) is 0 Å². The number of nitrogens with zero attached hydrogens (tertiary/aromatic N) is 3. The molecule has 10 heteroatoms. The van der Waals surface area contributed by atoms with Crippen LogP contribution in [0.25, 0.3) is 6.08 Å². The van der Waals surface area contributed by atoms with Gasteiger partial charge in [-0.3, -0.25) is 4.79 Å². The first-order valence-corrected chi connectivity index (χ1v) is 10.7. The lowest BCUT2D eigenvalue weighted by molar-refractivity contribution is -0.116. The van der Waals surface area contributed by atoms with Gasteiger partial charge >= 0.3 is 0 Å². The minimum absolute atomic E-state index is 0.218. The summed E-state index contributed by atoms with van der Waals surface area (Å²) < 4.78 is 21.4. The molecular formula is C23H31N5O5. The zero-order chi connectivity index (χ0) is 23.6. The van der Waals surface area contributed by atoms with Crippen LogP contribution in [0, 0.1) is 6.92 Å². The Hall–Kier alpha value is -3.53. The highest BCUT2D eigenvalue weighted by Gasteiger charge is 2.14. The van der Waals surface area contributed by atoms with Gasteiger partial charge in [-0.25, -0.2) is 4.98 Å². The zero-order valence-electron chi connectivity index (χ0n) is 19.5. The Kier molecular flexibility index (Phi) is 8.71. The molecule has 1 aromatic heterocycles. The lowest BCUT2D eigenvalue weighted by Crippen LogP contribution is -2.37. The highest BCUT2D eigenvalue weighted by molar-refractivity contribution is 5.91. The monoisotopic (exact) mass is 457 g/mol. The molecule has 1 fully saturated rings. The fourth-order valence-electron chi connectivity index (χ4n) is 3.37. The summed E-state index contributed by atoms with van der Waals surface area (Å²) in [5.41, 5.74) is 1.63. The number of carbonyl (C=O) groups excluding carboxylic acids is 1. The normalized spacial score (nSPS) is 13.6. The van der Waals surface area contributed by atoms with E-state index in [-0.39, 0.29) is 5.91 Å². The molecule has 2 N–H and O–H groups in total. The van der Waals surface area contributed by atoms with Crippen molar-refractivity contribution < 1.29 is 23.7 Å². The Morgan fingerprint density at radius 3 is 2.39 bits per heavy atom. The van der Waals surface area contributed by atoms with Crippen molar-refractivity contribution in [2.75, 3.05) is 70.9 Å². The Morgan fingerprint density at radius 1 is 1.06 bits per heavy atom. The number of amides is 1. The molecule has 33 heavy (non-hydrogen) atoms. The average Bonchev–Trinajstić information content (AvgIpc) is 2.84. The number of methoxy groups -OCH3 is 3. The fraction of sp³-hybridized carbons (Fsp3) is 0.435. The van der Waals surface area contributed by atoms with Crippen molar-refractivity contribution in [3.05, 3.63) is 35.5 Å². The van der Waals surface area contributed by atoms with Crippen molar-refractivity contribution in [1.29, 1.82) is 0 Å². The van der Waals surface area contributed by atoms with Gasteiger partial charge in [0.05, 0.1) is 34.5 Å². The Balaban J connectivity index is 1.51. The number of aryl methyl sites for hydroxylation is 1. The first kappa shape index (κ1) is 24.1. The highest BCUT2D eigenvalue weighted by Crippen LogP contribution is 2.38. The Labute approximate surface area is 193 Å². The second kappa shape index (κ2) is 11.9. The van der Waals surface area contributed by atoms with E-state index in [9.17, 15) is 4.79 Å². The lowest BCUT2D eigenvalue weighted by atomic mass is 10.1. The molecule has 1 saturated heterocycles. The van der Waals surface area contributed by atoms with Crippen molar-refractivity contribution in [2.45, 2.75) is 6.92 Å². The third-order valence-electron chi connectivity index (χ3n) is 5.00. The summed E-state index contributed by atoms with van der Waals surface area (Å²) in [5, 5.41) is 6.01. The van der Waals surface area contributed by atoms with Crippen LogP contribution in [0.2, 0.25) is 0 Å². The molecule has 0 bridgehead atoms. The molecule has 2 heterocycles. The largest absolute Gasteiger partial charge is 0.493 e. The second-order valence-electron chi connectivity index (χ2n) is 7.30. The van der Waals surface area contributed by atoms with Crippen LogP contribution in [0.1, 0.15) is 11.3 Å². The summed E-state index contributed by atoms with van der Waals surface area (Å²) >= 11 is 0. The van der Waals surface area contributed by atoms with Crippen molar-refractivity contribution >= 4 is 23.7 Å². The molecule has 1 amide bonds. The molecule has 178 valence electrons. The van der Waals surface area contributed by atoms with Crippen LogP contribution in [-0.4, -0.2) is 76.6 Å². The van der Waals surface area contributed by atoms with Gasteiger partial charge in [-0.2, -0.15) is 4.98 Å². The van der Waals surface area contributed by atoms with Gasteiger partial charge in [0.2, 0.25) is 17.6 Å². The van der Waals surface area contributed by atoms with E-state index in [1.54, 1.807) is 39.5 Å². The molecule has 10 nitrogen and oxygen atoms in total. The van der Waals surface area contributed by atoms with Crippen LogP contribution in [0.15, 0.2) is 24.3 Å². The molecule has 3 rings (SSSR count). The van der Waals surface area contributed by atoms with E-state index in [2.05, 4.69) is 25.5 Å². The molecule has 1 aromatic carbocycles. The molecule has 0 saturated carbocycles. The number of hydrogen-bond donors (Lipinski definition) is 2. The summed E-state index contributed by atoms with van der Waals surface area (Å²) in [7, 11) is 4.64. The summed E-state index contributed by atoms with van der Waals surface area (Å²) in [6, 6.07) is 5.51. The fourth-order valence-corrected chi connectivity index (χ4v) is 3.37. The summed E-state index contributed by atoms with van der Waals surface area (Å²) in [6.07, 6.45) is 3.14. The van der Waals surface area contributed by atoms with E-state index in [1.165, 1.54) is 6.08 Å². The van der Waals surface area contributed by atoms with Gasteiger partial charge in [-0.05, 0) is 30.7 Å². The van der Waals surface area contributed by atoms with Gasteiger partial charge in [0.15, 0.2) is 11.5 Å². The van der Waals surface area contributed by atoms with Gasteiger partial charge in [-0.1, -0.05) is 0 Å². The summed E-state index contributed by atoms with van der Waals surface area (Å²) in [4.78, 5) is 23.4. The number of anilines is 2.